The number of halogens is 3. The number of amides is 1. The van der Waals surface area contributed by atoms with Crippen molar-refractivity contribution in [3.63, 3.8) is 0 Å². The lowest BCUT2D eigenvalue weighted by Crippen LogP contribution is -2.16. The molecule has 104 valence electrons. The Kier molecular flexibility index (Phi) is 4.72. The zero-order chi connectivity index (χ0) is 14.7. The monoisotopic (exact) mass is 401 g/mol. The van der Waals surface area contributed by atoms with E-state index in [1.54, 1.807) is 31.4 Å². The van der Waals surface area contributed by atoms with E-state index in [-0.39, 0.29) is 5.69 Å². The molecule has 1 amide bonds. The second kappa shape index (κ2) is 6.32. The van der Waals surface area contributed by atoms with Gasteiger partial charge >= 0.3 is 0 Å². The van der Waals surface area contributed by atoms with E-state index in [9.17, 15) is 9.18 Å². The Morgan fingerprint density at radius 3 is 2.75 bits per heavy atom. The molecule has 4 nitrogen and oxygen atoms in total. The van der Waals surface area contributed by atoms with Gasteiger partial charge in [0.15, 0.2) is 0 Å². The molecule has 0 saturated heterocycles. The number of pyridine rings is 1. The van der Waals surface area contributed by atoms with Crippen LogP contribution in [0.15, 0.2) is 39.4 Å². The van der Waals surface area contributed by atoms with Gasteiger partial charge in [-0.3, -0.25) is 4.79 Å². The third kappa shape index (κ3) is 3.16. The fraction of sp³-hybridized carbons (Fsp3) is 0.0769. The fourth-order valence-corrected chi connectivity index (χ4v) is 2.38. The lowest BCUT2D eigenvalue weighted by atomic mass is 10.2. The van der Waals surface area contributed by atoms with Crippen LogP contribution in [-0.2, 0) is 0 Å². The minimum absolute atomic E-state index is 0.0968. The topological polar surface area (TPSA) is 54.0 Å². The predicted octanol–water partition coefficient (Wildman–Crippen LogP) is 4.04. The third-order valence-electron chi connectivity index (χ3n) is 2.54. The lowest BCUT2D eigenvalue weighted by molar-refractivity contribution is 0.102. The molecule has 0 aliphatic heterocycles. The van der Waals surface area contributed by atoms with Crippen LogP contribution in [0.5, 0.6) is 0 Å². The maximum atomic E-state index is 13.7. The van der Waals surface area contributed by atoms with E-state index in [0.717, 1.165) is 0 Å². The Morgan fingerprint density at radius 2 is 2.10 bits per heavy atom. The number of carbonyl (C=O) groups excluding carboxylic acids is 1. The number of hydrogen-bond acceptors (Lipinski definition) is 3. The van der Waals surface area contributed by atoms with Crippen LogP contribution in [0.4, 0.5) is 15.9 Å². The first-order valence-electron chi connectivity index (χ1n) is 5.61. The van der Waals surface area contributed by atoms with Gasteiger partial charge in [0, 0.05) is 22.2 Å². The van der Waals surface area contributed by atoms with Gasteiger partial charge in [0.1, 0.15) is 11.6 Å². The van der Waals surface area contributed by atoms with Crippen LogP contribution >= 0.6 is 31.9 Å². The van der Waals surface area contributed by atoms with E-state index in [4.69, 9.17) is 0 Å². The van der Waals surface area contributed by atoms with Crippen molar-refractivity contribution in [3.8, 4) is 0 Å². The van der Waals surface area contributed by atoms with Crippen molar-refractivity contribution in [1.82, 2.24) is 4.98 Å². The molecule has 0 atom stereocenters. The molecule has 0 aliphatic carbocycles. The van der Waals surface area contributed by atoms with Gasteiger partial charge in [-0.15, -0.1) is 0 Å². The molecule has 0 saturated carbocycles. The van der Waals surface area contributed by atoms with Crippen molar-refractivity contribution in [3.05, 3.63) is 50.8 Å². The summed E-state index contributed by atoms with van der Waals surface area (Å²) in [5, 5.41) is 5.36. The molecule has 1 heterocycles. The highest BCUT2D eigenvalue weighted by atomic mass is 79.9. The van der Waals surface area contributed by atoms with Crippen LogP contribution in [0, 0.1) is 5.82 Å². The van der Waals surface area contributed by atoms with Crippen LogP contribution in [0.3, 0.4) is 0 Å². The minimum atomic E-state index is -0.512. The van der Waals surface area contributed by atoms with Gasteiger partial charge in [-0.2, -0.15) is 0 Å². The molecule has 1 aromatic heterocycles. The number of hydrogen-bond donors (Lipinski definition) is 2. The molecule has 0 bridgehead atoms. The number of carbonyl (C=O) groups is 1. The maximum Gasteiger partial charge on any atom is 0.259 e. The van der Waals surface area contributed by atoms with Crippen molar-refractivity contribution >= 4 is 49.3 Å². The van der Waals surface area contributed by atoms with Crippen LogP contribution in [0.1, 0.15) is 10.4 Å². The number of aromatic nitrogens is 1. The van der Waals surface area contributed by atoms with Crippen LogP contribution < -0.4 is 10.6 Å². The number of rotatable bonds is 3. The number of nitrogens with zero attached hydrogens (tertiary/aromatic N) is 1. The Hall–Kier alpha value is -1.47. The molecule has 1 aromatic carbocycles. The first kappa shape index (κ1) is 14.9. The second-order valence-corrected chi connectivity index (χ2v) is 5.62. The van der Waals surface area contributed by atoms with Gasteiger partial charge in [-0.1, -0.05) is 6.07 Å². The highest BCUT2D eigenvalue weighted by Crippen LogP contribution is 2.27. The molecule has 0 unspecified atom stereocenters. The molecule has 2 aromatic rings. The molecule has 0 spiro atoms. The quantitative estimate of drug-likeness (QED) is 0.814. The largest absolute Gasteiger partial charge is 0.372 e. The Balaban J connectivity index is 2.35. The average Bonchev–Trinajstić information content (AvgIpc) is 2.43. The van der Waals surface area contributed by atoms with Crippen molar-refractivity contribution < 1.29 is 9.18 Å². The fourth-order valence-electron chi connectivity index (χ4n) is 1.61. The van der Waals surface area contributed by atoms with Gasteiger partial charge in [-0.25, -0.2) is 9.37 Å². The normalized spacial score (nSPS) is 10.2. The summed E-state index contributed by atoms with van der Waals surface area (Å²) in [6.07, 6.45) is 1.57. The summed E-state index contributed by atoms with van der Waals surface area (Å²) in [4.78, 5) is 16.3. The van der Waals surface area contributed by atoms with Gasteiger partial charge in [-0.05, 0) is 50.1 Å². The molecule has 20 heavy (non-hydrogen) atoms. The molecule has 0 aliphatic rings. The highest BCUT2D eigenvalue weighted by molar-refractivity contribution is 9.10. The van der Waals surface area contributed by atoms with Crippen molar-refractivity contribution in [2.75, 3.05) is 17.7 Å². The van der Waals surface area contributed by atoms with Crippen molar-refractivity contribution in [2.45, 2.75) is 0 Å². The SMILES string of the molecule is CNc1ncc(Br)cc1C(=O)Nc1c(F)cccc1Br. The Bertz CT molecular complexity index is 644. The van der Waals surface area contributed by atoms with Crippen LogP contribution in [0.2, 0.25) is 0 Å². The highest BCUT2D eigenvalue weighted by Gasteiger charge is 2.16. The summed E-state index contributed by atoms with van der Waals surface area (Å²) in [6, 6.07) is 6.09. The maximum absolute atomic E-state index is 13.7. The number of benzene rings is 1. The first-order valence-corrected chi connectivity index (χ1v) is 7.20. The van der Waals surface area contributed by atoms with E-state index < -0.39 is 11.7 Å². The summed E-state index contributed by atoms with van der Waals surface area (Å²) in [5.74, 6) is -0.547. The number of nitrogens with one attached hydrogen (secondary N) is 2. The van der Waals surface area contributed by atoms with Gasteiger partial charge < -0.3 is 10.6 Å². The zero-order valence-corrected chi connectivity index (χ0v) is 13.5. The second-order valence-electron chi connectivity index (χ2n) is 3.85. The summed E-state index contributed by atoms with van der Waals surface area (Å²) in [6.45, 7) is 0. The van der Waals surface area contributed by atoms with Gasteiger partial charge in [0.25, 0.3) is 5.91 Å². The van der Waals surface area contributed by atoms with Gasteiger partial charge in [0.2, 0.25) is 0 Å². The molecule has 2 N–H and O–H groups in total. The molecule has 7 heteroatoms. The van der Waals surface area contributed by atoms with E-state index in [1.165, 1.54) is 6.07 Å². The van der Waals surface area contributed by atoms with E-state index >= 15 is 0 Å². The van der Waals surface area contributed by atoms with Gasteiger partial charge in [0.05, 0.1) is 11.3 Å². The summed E-state index contributed by atoms with van der Waals surface area (Å²) >= 11 is 6.46. The number of anilines is 2. The molecular weight excluding hydrogens is 393 g/mol. The van der Waals surface area contributed by atoms with Crippen molar-refractivity contribution in [1.29, 1.82) is 0 Å². The first-order chi connectivity index (χ1) is 9.52. The minimum Gasteiger partial charge on any atom is -0.372 e. The Labute approximate surface area is 132 Å². The standard InChI is InChI=1S/C13H10Br2FN3O/c1-17-12-8(5-7(14)6-18-12)13(20)19-11-9(15)3-2-4-10(11)16/h2-6H,1H3,(H,17,18)(H,19,20). The predicted molar refractivity (Wildman–Crippen MR) is 83.5 cm³/mol. The lowest BCUT2D eigenvalue weighted by Gasteiger charge is -2.11. The summed E-state index contributed by atoms with van der Waals surface area (Å²) in [7, 11) is 1.66. The zero-order valence-electron chi connectivity index (χ0n) is 10.4. The smallest absolute Gasteiger partial charge is 0.259 e. The van der Waals surface area contributed by atoms with Crippen LogP contribution in [-0.4, -0.2) is 17.9 Å². The van der Waals surface area contributed by atoms with E-state index in [2.05, 4.69) is 47.5 Å². The van der Waals surface area contributed by atoms with Crippen LogP contribution in [0.25, 0.3) is 0 Å². The average molecular weight is 403 g/mol. The van der Waals surface area contributed by atoms with E-state index in [1.807, 2.05) is 0 Å². The summed E-state index contributed by atoms with van der Waals surface area (Å²) in [5.41, 5.74) is 0.413. The Morgan fingerprint density at radius 1 is 1.35 bits per heavy atom. The molecule has 2 rings (SSSR count). The molecular formula is C13H10Br2FN3O. The summed E-state index contributed by atoms with van der Waals surface area (Å²) < 4.78 is 14.8. The number of para-hydroxylation sites is 1. The van der Waals surface area contributed by atoms with E-state index in [0.29, 0.717) is 20.3 Å². The van der Waals surface area contributed by atoms with Crippen molar-refractivity contribution in [2.24, 2.45) is 0 Å². The third-order valence-corrected chi connectivity index (χ3v) is 3.63. The molecule has 0 fully saturated rings. The molecule has 0 radical (unpaired) electrons.